The molecule has 2 aromatic carbocycles. The smallest absolute Gasteiger partial charge is 0.254 e. The largest absolute Gasteiger partial charge is 0.398 e. The van der Waals surface area contributed by atoms with Gasteiger partial charge in [-0.2, -0.15) is 0 Å². The van der Waals surface area contributed by atoms with Gasteiger partial charge in [-0.05, 0) is 42.2 Å². The number of aryl methyl sites for hydroxylation is 1. The molecule has 0 saturated carbocycles. The molecule has 0 atom stereocenters. The first kappa shape index (κ1) is 13.6. The Morgan fingerprint density at radius 1 is 1.19 bits per heavy atom. The number of hydrogen-bond acceptors (Lipinski definition) is 2. The fraction of sp³-hybridized carbons (Fsp3) is 0.235. The minimum Gasteiger partial charge on any atom is -0.398 e. The predicted octanol–water partition coefficient (Wildman–Crippen LogP) is 3.00. The van der Waals surface area contributed by atoms with Crippen LogP contribution in [0, 0.1) is 5.82 Å². The molecule has 0 aliphatic carbocycles. The summed E-state index contributed by atoms with van der Waals surface area (Å²) >= 11 is 0. The number of nitrogen functional groups attached to an aromatic ring is 1. The number of anilines is 1. The second kappa shape index (κ2) is 5.56. The number of nitrogens with two attached hydrogens (primary N) is 1. The molecule has 0 saturated heterocycles. The minimum atomic E-state index is -0.358. The van der Waals surface area contributed by atoms with Crippen molar-refractivity contribution < 1.29 is 9.18 Å². The highest BCUT2D eigenvalue weighted by Gasteiger charge is 2.22. The molecule has 108 valence electrons. The molecule has 21 heavy (non-hydrogen) atoms. The van der Waals surface area contributed by atoms with E-state index in [0.717, 1.165) is 29.5 Å². The summed E-state index contributed by atoms with van der Waals surface area (Å²) in [6, 6.07) is 12.0. The fourth-order valence-electron chi connectivity index (χ4n) is 2.75. The molecule has 1 aliphatic heterocycles. The standard InChI is InChI=1S/C17H17FN2O/c18-14-8-7-13(16(19)10-14)11-20-9-3-5-12-4-1-2-6-15(12)17(20)21/h1-2,4,6-8,10H,3,5,9,11,19H2. The van der Waals surface area contributed by atoms with Gasteiger partial charge in [-0.1, -0.05) is 24.3 Å². The third kappa shape index (κ3) is 2.75. The lowest BCUT2D eigenvalue weighted by Crippen LogP contribution is -2.30. The second-order valence-corrected chi connectivity index (χ2v) is 5.33. The van der Waals surface area contributed by atoms with E-state index in [2.05, 4.69) is 0 Å². The van der Waals surface area contributed by atoms with Crippen LogP contribution >= 0.6 is 0 Å². The molecule has 0 radical (unpaired) electrons. The van der Waals surface area contributed by atoms with E-state index in [-0.39, 0.29) is 11.7 Å². The third-order valence-electron chi connectivity index (χ3n) is 3.88. The molecule has 2 N–H and O–H groups in total. The van der Waals surface area contributed by atoms with Gasteiger partial charge in [-0.25, -0.2) is 4.39 Å². The van der Waals surface area contributed by atoms with Crippen LogP contribution in [0.3, 0.4) is 0 Å². The number of carbonyl (C=O) groups is 1. The van der Waals surface area contributed by atoms with Gasteiger partial charge in [0.15, 0.2) is 0 Å². The summed E-state index contributed by atoms with van der Waals surface area (Å²) < 4.78 is 13.1. The molecule has 0 bridgehead atoms. The van der Waals surface area contributed by atoms with Crippen molar-refractivity contribution in [2.24, 2.45) is 0 Å². The van der Waals surface area contributed by atoms with Crippen molar-refractivity contribution in [1.82, 2.24) is 4.90 Å². The van der Waals surface area contributed by atoms with Crippen molar-refractivity contribution in [3.05, 3.63) is 65.0 Å². The molecular formula is C17H17FN2O. The van der Waals surface area contributed by atoms with Gasteiger partial charge in [0.1, 0.15) is 5.82 Å². The molecule has 4 heteroatoms. The molecule has 0 unspecified atom stereocenters. The van der Waals surface area contributed by atoms with Gasteiger partial charge in [0.2, 0.25) is 0 Å². The van der Waals surface area contributed by atoms with Gasteiger partial charge in [0.05, 0.1) is 0 Å². The Morgan fingerprint density at radius 3 is 2.81 bits per heavy atom. The number of nitrogens with zero attached hydrogens (tertiary/aromatic N) is 1. The maximum atomic E-state index is 13.1. The number of halogens is 1. The van der Waals surface area contributed by atoms with Crippen LogP contribution in [-0.4, -0.2) is 17.4 Å². The summed E-state index contributed by atoms with van der Waals surface area (Å²) in [4.78, 5) is 14.4. The van der Waals surface area contributed by atoms with Crippen molar-refractivity contribution in [3.63, 3.8) is 0 Å². The normalized spacial score (nSPS) is 14.7. The first-order valence-corrected chi connectivity index (χ1v) is 7.06. The van der Waals surface area contributed by atoms with Gasteiger partial charge >= 0.3 is 0 Å². The molecule has 3 rings (SSSR count). The van der Waals surface area contributed by atoms with Crippen molar-refractivity contribution in [1.29, 1.82) is 0 Å². The first-order chi connectivity index (χ1) is 10.1. The first-order valence-electron chi connectivity index (χ1n) is 7.06. The summed E-state index contributed by atoms with van der Waals surface area (Å²) in [6.45, 7) is 1.10. The highest BCUT2D eigenvalue weighted by molar-refractivity contribution is 5.96. The van der Waals surface area contributed by atoms with E-state index < -0.39 is 0 Å². The average molecular weight is 284 g/mol. The molecule has 0 fully saturated rings. The SMILES string of the molecule is Nc1cc(F)ccc1CN1CCCc2ccccc2C1=O. The quantitative estimate of drug-likeness (QED) is 0.862. The van der Waals surface area contributed by atoms with Gasteiger partial charge in [0.25, 0.3) is 5.91 Å². The Bertz CT molecular complexity index is 684. The Labute approximate surface area is 123 Å². The highest BCUT2D eigenvalue weighted by atomic mass is 19.1. The van der Waals surface area contributed by atoms with Crippen molar-refractivity contribution in [2.75, 3.05) is 12.3 Å². The molecule has 0 aromatic heterocycles. The van der Waals surface area contributed by atoms with Crippen LogP contribution in [0.1, 0.15) is 27.9 Å². The lowest BCUT2D eigenvalue weighted by molar-refractivity contribution is 0.0749. The van der Waals surface area contributed by atoms with Crippen LogP contribution in [0.4, 0.5) is 10.1 Å². The molecule has 2 aromatic rings. The van der Waals surface area contributed by atoms with E-state index in [0.29, 0.717) is 18.8 Å². The van der Waals surface area contributed by atoms with E-state index in [4.69, 9.17) is 5.73 Å². The zero-order valence-corrected chi connectivity index (χ0v) is 11.7. The minimum absolute atomic E-state index is 0.0202. The van der Waals surface area contributed by atoms with E-state index in [1.54, 1.807) is 11.0 Å². The summed E-state index contributed by atoms with van der Waals surface area (Å²) in [7, 11) is 0. The van der Waals surface area contributed by atoms with Crippen molar-refractivity contribution in [2.45, 2.75) is 19.4 Å². The lowest BCUT2D eigenvalue weighted by Gasteiger charge is -2.22. The Hall–Kier alpha value is -2.36. The topological polar surface area (TPSA) is 46.3 Å². The molecule has 1 amide bonds. The fourth-order valence-corrected chi connectivity index (χ4v) is 2.75. The second-order valence-electron chi connectivity index (χ2n) is 5.33. The van der Waals surface area contributed by atoms with Crippen LogP contribution in [-0.2, 0) is 13.0 Å². The average Bonchev–Trinajstić information content (AvgIpc) is 2.63. The molecule has 1 aliphatic rings. The van der Waals surface area contributed by atoms with Gasteiger partial charge in [-0.15, -0.1) is 0 Å². The zero-order chi connectivity index (χ0) is 14.8. The molecule has 0 spiro atoms. The van der Waals surface area contributed by atoms with Crippen LogP contribution in [0.25, 0.3) is 0 Å². The predicted molar refractivity (Wildman–Crippen MR) is 80.3 cm³/mol. The van der Waals surface area contributed by atoms with Gasteiger partial charge in [0, 0.05) is 24.3 Å². The number of benzene rings is 2. The van der Waals surface area contributed by atoms with Gasteiger partial charge < -0.3 is 10.6 Å². The maximum absolute atomic E-state index is 13.1. The number of fused-ring (bicyclic) bond motifs is 1. The lowest BCUT2D eigenvalue weighted by atomic mass is 10.0. The Kier molecular flexibility index (Phi) is 3.60. The maximum Gasteiger partial charge on any atom is 0.254 e. The van der Waals surface area contributed by atoms with E-state index >= 15 is 0 Å². The van der Waals surface area contributed by atoms with E-state index in [1.165, 1.54) is 12.1 Å². The van der Waals surface area contributed by atoms with Crippen molar-refractivity contribution in [3.8, 4) is 0 Å². The number of hydrogen-bond donors (Lipinski definition) is 1. The van der Waals surface area contributed by atoms with Crippen LogP contribution in [0.15, 0.2) is 42.5 Å². The Morgan fingerprint density at radius 2 is 2.00 bits per heavy atom. The van der Waals surface area contributed by atoms with Crippen LogP contribution < -0.4 is 5.73 Å². The van der Waals surface area contributed by atoms with Gasteiger partial charge in [-0.3, -0.25) is 4.79 Å². The Balaban J connectivity index is 1.87. The molecule has 1 heterocycles. The van der Waals surface area contributed by atoms with Crippen molar-refractivity contribution >= 4 is 11.6 Å². The number of amides is 1. The number of rotatable bonds is 2. The monoisotopic (exact) mass is 284 g/mol. The molecular weight excluding hydrogens is 267 g/mol. The van der Waals surface area contributed by atoms with Crippen LogP contribution in [0.2, 0.25) is 0 Å². The highest BCUT2D eigenvalue weighted by Crippen LogP contribution is 2.22. The third-order valence-corrected chi connectivity index (χ3v) is 3.88. The van der Waals surface area contributed by atoms with E-state index in [1.807, 2.05) is 24.3 Å². The summed E-state index contributed by atoms with van der Waals surface area (Å²) in [5.74, 6) is -0.337. The summed E-state index contributed by atoms with van der Waals surface area (Å²) in [6.07, 6.45) is 1.82. The zero-order valence-electron chi connectivity index (χ0n) is 11.7. The summed E-state index contributed by atoms with van der Waals surface area (Å²) in [5, 5.41) is 0. The summed E-state index contributed by atoms with van der Waals surface area (Å²) in [5.41, 5.74) is 8.86. The van der Waals surface area contributed by atoms with Crippen LogP contribution in [0.5, 0.6) is 0 Å². The van der Waals surface area contributed by atoms with E-state index in [9.17, 15) is 9.18 Å². The molecule has 3 nitrogen and oxygen atoms in total. The number of carbonyl (C=O) groups excluding carboxylic acids is 1.